The van der Waals surface area contributed by atoms with Crippen molar-refractivity contribution in [2.45, 2.75) is 19.4 Å². The lowest BCUT2D eigenvalue weighted by Gasteiger charge is -2.31. The van der Waals surface area contributed by atoms with E-state index in [0.29, 0.717) is 5.92 Å². The maximum absolute atomic E-state index is 5.99. The van der Waals surface area contributed by atoms with Crippen LogP contribution in [-0.2, 0) is 6.54 Å². The third-order valence-electron chi connectivity index (χ3n) is 3.89. The van der Waals surface area contributed by atoms with E-state index in [1.54, 1.807) is 0 Å². The van der Waals surface area contributed by atoms with E-state index in [1.165, 1.54) is 30.3 Å². The Labute approximate surface area is 119 Å². The zero-order valence-electron chi connectivity index (χ0n) is 11.1. The van der Waals surface area contributed by atoms with Crippen LogP contribution in [0.3, 0.4) is 0 Å². The first-order chi connectivity index (χ1) is 9.35. The molecule has 0 radical (unpaired) electrons. The molecule has 2 heterocycles. The van der Waals surface area contributed by atoms with Crippen molar-refractivity contribution in [3.8, 4) is 0 Å². The number of benzene rings is 1. The molecule has 2 nitrogen and oxygen atoms in total. The van der Waals surface area contributed by atoms with E-state index in [0.717, 1.165) is 24.5 Å². The number of likely N-dealkylation sites (tertiary alicyclic amines) is 1. The first-order valence-corrected chi connectivity index (χ1v) is 7.50. The zero-order valence-corrected chi connectivity index (χ0v) is 11.8. The quantitative estimate of drug-likeness (QED) is 0.794. The average molecular weight is 275 g/mol. The minimum Gasteiger partial charge on any atom is -0.299 e. The fraction of sp³-hybridized carbons (Fsp3) is 0.438. The number of nitrogens with zero attached hydrogens (tertiary/aromatic N) is 2. The maximum atomic E-state index is 5.99. The SMILES string of the molecule is ClCC1CCCN(Cc2ccc3ncccc3c2)C1. The van der Waals surface area contributed by atoms with Crippen LogP contribution in [0.2, 0.25) is 0 Å². The Hall–Kier alpha value is -1.12. The monoisotopic (exact) mass is 274 g/mol. The molecule has 0 spiro atoms. The normalized spacial score (nSPS) is 20.8. The molecule has 1 unspecified atom stereocenters. The number of hydrogen-bond acceptors (Lipinski definition) is 2. The van der Waals surface area contributed by atoms with Gasteiger partial charge in [0.1, 0.15) is 0 Å². The summed E-state index contributed by atoms with van der Waals surface area (Å²) in [6, 6.07) is 10.7. The van der Waals surface area contributed by atoms with Gasteiger partial charge < -0.3 is 0 Å². The molecule has 0 saturated carbocycles. The van der Waals surface area contributed by atoms with E-state index in [9.17, 15) is 0 Å². The number of halogens is 1. The van der Waals surface area contributed by atoms with Crippen molar-refractivity contribution in [2.24, 2.45) is 5.92 Å². The summed E-state index contributed by atoms with van der Waals surface area (Å²) in [7, 11) is 0. The summed E-state index contributed by atoms with van der Waals surface area (Å²) >= 11 is 5.99. The predicted molar refractivity (Wildman–Crippen MR) is 80.5 cm³/mol. The fourth-order valence-corrected chi connectivity index (χ4v) is 3.15. The Morgan fingerprint density at radius 3 is 3.16 bits per heavy atom. The molecule has 2 aromatic rings. The molecule has 0 aliphatic carbocycles. The van der Waals surface area contributed by atoms with Crippen LogP contribution in [-0.4, -0.2) is 28.9 Å². The van der Waals surface area contributed by atoms with E-state index in [2.05, 4.69) is 34.1 Å². The maximum Gasteiger partial charge on any atom is 0.0702 e. The Bertz CT molecular complexity index is 555. The van der Waals surface area contributed by atoms with Crippen molar-refractivity contribution < 1.29 is 0 Å². The highest BCUT2D eigenvalue weighted by Gasteiger charge is 2.18. The Morgan fingerprint density at radius 1 is 1.32 bits per heavy atom. The van der Waals surface area contributed by atoms with Crippen LogP contribution in [0.15, 0.2) is 36.5 Å². The minimum atomic E-state index is 0.664. The Morgan fingerprint density at radius 2 is 2.26 bits per heavy atom. The van der Waals surface area contributed by atoms with Gasteiger partial charge in [-0.05, 0) is 49.1 Å². The smallest absolute Gasteiger partial charge is 0.0702 e. The summed E-state index contributed by atoms with van der Waals surface area (Å²) in [5.41, 5.74) is 2.44. The fourth-order valence-electron chi connectivity index (χ4n) is 2.90. The molecule has 3 heteroatoms. The van der Waals surface area contributed by atoms with Crippen LogP contribution < -0.4 is 0 Å². The highest BCUT2D eigenvalue weighted by Crippen LogP contribution is 2.21. The van der Waals surface area contributed by atoms with Crippen molar-refractivity contribution in [1.82, 2.24) is 9.88 Å². The van der Waals surface area contributed by atoms with Gasteiger partial charge in [-0.1, -0.05) is 12.1 Å². The van der Waals surface area contributed by atoms with Crippen molar-refractivity contribution in [2.75, 3.05) is 19.0 Å². The molecule has 19 heavy (non-hydrogen) atoms. The second kappa shape index (κ2) is 5.89. The Kier molecular flexibility index (Phi) is 4.00. The van der Waals surface area contributed by atoms with E-state index in [-0.39, 0.29) is 0 Å². The summed E-state index contributed by atoms with van der Waals surface area (Å²) in [6.45, 7) is 3.35. The zero-order chi connectivity index (χ0) is 13.1. The highest BCUT2D eigenvalue weighted by molar-refractivity contribution is 6.18. The number of alkyl halides is 1. The van der Waals surface area contributed by atoms with Crippen LogP contribution in [0.5, 0.6) is 0 Å². The third kappa shape index (κ3) is 3.07. The second-order valence-electron chi connectivity index (χ2n) is 5.43. The number of pyridine rings is 1. The molecule has 1 aliphatic heterocycles. The van der Waals surface area contributed by atoms with Gasteiger partial charge in [-0.25, -0.2) is 0 Å². The molecule has 1 fully saturated rings. The molecule has 3 rings (SSSR count). The standard InChI is InChI=1S/C16H19ClN2/c17-10-14-3-2-8-19(12-14)11-13-5-6-16-15(9-13)4-1-7-18-16/h1,4-7,9,14H,2-3,8,10-12H2. The molecule has 1 aromatic heterocycles. The van der Waals surface area contributed by atoms with Gasteiger partial charge in [-0.3, -0.25) is 9.88 Å². The van der Waals surface area contributed by atoms with Gasteiger partial charge in [0.2, 0.25) is 0 Å². The molecular weight excluding hydrogens is 256 g/mol. The number of fused-ring (bicyclic) bond motifs is 1. The van der Waals surface area contributed by atoms with Gasteiger partial charge >= 0.3 is 0 Å². The summed E-state index contributed by atoms with van der Waals surface area (Å²) in [5.74, 6) is 1.45. The third-order valence-corrected chi connectivity index (χ3v) is 4.33. The number of rotatable bonds is 3. The van der Waals surface area contributed by atoms with E-state index >= 15 is 0 Å². The van der Waals surface area contributed by atoms with Crippen molar-refractivity contribution >= 4 is 22.5 Å². The molecule has 0 N–H and O–H groups in total. The van der Waals surface area contributed by atoms with E-state index in [4.69, 9.17) is 11.6 Å². The van der Waals surface area contributed by atoms with Crippen LogP contribution in [0.4, 0.5) is 0 Å². The van der Waals surface area contributed by atoms with E-state index in [1.807, 2.05) is 12.3 Å². The number of aromatic nitrogens is 1. The highest BCUT2D eigenvalue weighted by atomic mass is 35.5. The molecule has 0 bridgehead atoms. The molecule has 0 amide bonds. The second-order valence-corrected chi connectivity index (χ2v) is 5.74. The van der Waals surface area contributed by atoms with Gasteiger partial charge in [-0.2, -0.15) is 0 Å². The largest absolute Gasteiger partial charge is 0.299 e. The van der Waals surface area contributed by atoms with Crippen LogP contribution in [0.1, 0.15) is 18.4 Å². The van der Waals surface area contributed by atoms with Crippen LogP contribution in [0, 0.1) is 5.92 Å². The summed E-state index contributed by atoms with van der Waals surface area (Å²) in [5, 5.41) is 1.23. The molecule has 1 aromatic carbocycles. The van der Waals surface area contributed by atoms with Gasteiger partial charge in [0.25, 0.3) is 0 Å². The van der Waals surface area contributed by atoms with Crippen molar-refractivity contribution in [3.63, 3.8) is 0 Å². The molecule has 1 saturated heterocycles. The Balaban J connectivity index is 1.74. The van der Waals surface area contributed by atoms with Crippen molar-refractivity contribution in [3.05, 3.63) is 42.1 Å². The van der Waals surface area contributed by atoms with Crippen LogP contribution >= 0.6 is 11.6 Å². The first-order valence-electron chi connectivity index (χ1n) is 6.97. The molecular formula is C16H19ClN2. The molecule has 1 aliphatic rings. The minimum absolute atomic E-state index is 0.664. The van der Waals surface area contributed by atoms with Gasteiger partial charge in [0.15, 0.2) is 0 Å². The molecule has 1 atom stereocenters. The lowest BCUT2D eigenvalue weighted by molar-refractivity contribution is 0.178. The average Bonchev–Trinajstić information content (AvgIpc) is 2.47. The predicted octanol–water partition coefficient (Wildman–Crippen LogP) is 3.69. The summed E-state index contributed by atoms with van der Waals surface area (Å²) in [4.78, 5) is 6.89. The lowest BCUT2D eigenvalue weighted by Crippen LogP contribution is -2.35. The summed E-state index contributed by atoms with van der Waals surface area (Å²) in [6.07, 6.45) is 4.39. The number of hydrogen-bond donors (Lipinski definition) is 0. The topological polar surface area (TPSA) is 16.1 Å². The number of piperidine rings is 1. The van der Waals surface area contributed by atoms with Gasteiger partial charge in [0, 0.05) is 30.6 Å². The van der Waals surface area contributed by atoms with E-state index < -0.39 is 0 Å². The lowest BCUT2D eigenvalue weighted by atomic mass is 9.99. The van der Waals surface area contributed by atoms with Crippen LogP contribution in [0.25, 0.3) is 10.9 Å². The van der Waals surface area contributed by atoms with Gasteiger partial charge in [-0.15, -0.1) is 11.6 Å². The van der Waals surface area contributed by atoms with Gasteiger partial charge in [0.05, 0.1) is 5.52 Å². The van der Waals surface area contributed by atoms with Crippen molar-refractivity contribution in [1.29, 1.82) is 0 Å². The summed E-state index contributed by atoms with van der Waals surface area (Å²) < 4.78 is 0. The first kappa shape index (κ1) is 12.9. The molecule has 100 valence electrons.